The summed E-state index contributed by atoms with van der Waals surface area (Å²) in [5.41, 5.74) is 8.33. The van der Waals surface area contributed by atoms with Crippen molar-refractivity contribution in [3.63, 3.8) is 0 Å². The lowest BCUT2D eigenvalue weighted by molar-refractivity contribution is 0.229. The summed E-state index contributed by atoms with van der Waals surface area (Å²) < 4.78 is 0. The van der Waals surface area contributed by atoms with Gasteiger partial charge in [0.1, 0.15) is 0 Å². The van der Waals surface area contributed by atoms with Crippen molar-refractivity contribution in [3.8, 4) is 12.3 Å². The van der Waals surface area contributed by atoms with Gasteiger partial charge in [0, 0.05) is 6.54 Å². The molecule has 1 aromatic rings. The fourth-order valence-electron chi connectivity index (χ4n) is 2.25. The van der Waals surface area contributed by atoms with Crippen molar-refractivity contribution < 1.29 is 4.79 Å². The number of nitrogens with zero attached hydrogens (tertiary/aromatic N) is 2. The summed E-state index contributed by atoms with van der Waals surface area (Å²) >= 11 is 0. The lowest BCUT2D eigenvalue weighted by Gasteiger charge is -2.30. The number of guanidine groups is 1. The standard InChI is InChI=1S/C16H22N4O/c1-5-10-19(14-12(3)8-7-9-13(14)4)16(21)20(11-6-2)15(17)18/h2,7-9H,5,10-11H2,1,3-4H3,(H3,17,18). The molecule has 5 heteroatoms. The molecular weight excluding hydrogens is 264 g/mol. The molecule has 0 aliphatic heterocycles. The molecule has 0 atom stereocenters. The summed E-state index contributed by atoms with van der Waals surface area (Å²) in [5.74, 6) is 2.02. The second-order valence-electron chi connectivity index (χ2n) is 4.85. The molecule has 1 rings (SSSR count). The quantitative estimate of drug-likeness (QED) is 0.507. The molecule has 0 radical (unpaired) electrons. The number of hydrogen-bond donors (Lipinski definition) is 2. The van der Waals surface area contributed by atoms with Crippen molar-refractivity contribution in [1.29, 1.82) is 5.41 Å². The molecule has 21 heavy (non-hydrogen) atoms. The lowest BCUT2D eigenvalue weighted by atomic mass is 10.1. The second-order valence-corrected chi connectivity index (χ2v) is 4.85. The van der Waals surface area contributed by atoms with E-state index in [0.717, 1.165) is 28.1 Å². The average molecular weight is 286 g/mol. The number of carbonyl (C=O) groups is 1. The van der Waals surface area contributed by atoms with Crippen molar-refractivity contribution in [2.24, 2.45) is 5.73 Å². The Morgan fingerprint density at radius 3 is 2.38 bits per heavy atom. The van der Waals surface area contributed by atoms with Crippen LogP contribution in [0.5, 0.6) is 0 Å². The highest BCUT2D eigenvalue weighted by molar-refractivity contribution is 6.03. The van der Waals surface area contributed by atoms with Crippen molar-refractivity contribution in [3.05, 3.63) is 29.3 Å². The Labute approximate surface area is 126 Å². The first-order chi connectivity index (χ1) is 9.93. The number of amides is 2. The smallest absolute Gasteiger partial charge is 0.332 e. The maximum atomic E-state index is 12.7. The lowest BCUT2D eigenvalue weighted by Crippen LogP contribution is -2.49. The van der Waals surface area contributed by atoms with Gasteiger partial charge < -0.3 is 5.73 Å². The molecule has 0 fully saturated rings. The zero-order valence-electron chi connectivity index (χ0n) is 12.8. The van der Waals surface area contributed by atoms with E-state index in [0.29, 0.717) is 6.54 Å². The number of aryl methyl sites for hydroxylation is 2. The van der Waals surface area contributed by atoms with Crippen LogP contribution in [-0.4, -0.2) is 30.0 Å². The zero-order valence-corrected chi connectivity index (χ0v) is 12.8. The summed E-state index contributed by atoms with van der Waals surface area (Å²) in [7, 11) is 0. The van der Waals surface area contributed by atoms with E-state index in [9.17, 15) is 4.79 Å². The van der Waals surface area contributed by atoms with E-state index < -0.39 is 0 Å². The highest BCUT2D eigenvalue weighted by Crippen LogP contribution is 2.25. The molecule has 3 N–H and O–H groups in total. The molecule has 0 saturated heterocycles. The zero-order chi connectivity index (χ0) is 16.0. The normalized spacial score (nSPS) is 9.81. The van der Waals surface area contributed by atoms with Crippen LogP contribution in [0.4, 0.5) is 10.5 Å². The third-order valence-electron chi connectivity index (χ3n) is 3.16. The van der Waals surface area contributed by atoms with Crippen LogP contribution in [0.25, 0.3) is 0 Å². The Bertz CT molecular complexity index is 554. The van der Waals surface area contributed by atoms with Crippen LogP contribution in [0.3, 0.4) is 0 Å². The Morgan fingerprint density at radius 2 is 1.95 bits per heavy atom. The topological polar surface area (TPSA) is 73.4 Å². The molecule has 0 unspecified atom stereocenters. The average Bonchev–Trinajstić information content (AvgIpc) is 2.42. The van der Waals surface area contributed by atoms with E-state index in [1.807, 2.05) is 39.0 Å². The van der Waals surface area contributed by atoms with Gasteiger partial charge in [0.05, 0.1) is 12.2 Å². The monoisotopic (exact) mass is 286 g/mol. The molecule has 0 aliphatic rings. The molecule has 0 aromatic heterocycles. The number of benzene rings is 1. The van der Waals surface area contributed by atoms with Crippen molar-refractivity contribution in [1.82, 2.24) is 4.90 Å². The van der Waals surface area contributed by atoms with Gasteiger partial charge in [-0.15, -0.1) is 6.42 Å². The summed E-state index contributed by atoms with van der Waals surface area (Å²) in [6.45, 7) is 6.43. The molecule has 0 aliphatic carbocycles. The van der Waals surface area contributed by atoms with Gasteiger partial charge in [-0.25, -0.2) is 4.79 Å². The fourth-order valence-corrected chi connectivity index (χ4v) is 2.25. The third kappa shape index (κ3) is 3.76. The minimum Gasteiger partial charge on any atom is -0.370 e. The van der Waals surface area contributed by atoms with Gasteiger partial charge in [-0.1, -0.05) is 31.0 Å². The highest BCUT2D eigenvalue weighted by atomic mass is 16.2. The molecular formula is C16H22N4O. The number of urea groups is 1. The SMILES string of the molecule is C#CCN(C(=N)N)C(=O)N(CCC)c1c(C)cccc1C. The van der Waals surface area contributed by atoms with Gasteiger partial charge in [-0.3, -0.25) is 15.2 Å². The Hall–Kier alpha value is -2.48. The largest absolute Gasteiger partial charge is 0.370 e. The first-order valence-electron chi connectivity index (χ1n) is 6.86. The molecule has 5 nitrogen and oxygen atoms in total. The highest BCUT2D eigenvalue weighted by Gasteiger charge is 2.25. The number of hydrogen-bond acceptors (Lipinski definition) is 2. The van der Waals surface area contributed by atoms with Crippen molar-refractivity contribution >= 4 is 17.7 Å². The third-order valence-corrected chi connectivity index (χ3v) is 3.16. The molecule has 112 valence electrons. The van der Waals surface area contributed by atoms with Crippen LogP contribution in [0.15, 0.2) is 18.2 Å². The van der Waals surface area contributed by atoms with Crippen LogP contribution in [0.1, 0.15) is 24.5 Å². The minimum atomic E-state index is -0.361. The van der Waals surface area contributed by atoms with E-state index >= 15 is 0 Å². The van der Waals surface area contributed by atoms with Crippen LogP contribution < -0.4 is 10.6 Å². The predicted octanol–water partition coefficient (Wildman–Crippen LogP) is 2.47. The van der Waals surface area contributed by atoms with E-state index in [-0.39, 0.29) is 18.5 Å². The number of anilines is 1. The number of carbonyl (C=O) groups excluding carboxylic acids is 1. The Balaban J connectivity index is 3.26. The van der Waals surface area contributed by atoms with E-state index in [1.54, 1.807) is 4.90 Å². The molecule has 0 saturated carbocycles. The fraction of sp³-hybridized carbons (Fsp3) is 0.375. The van der Waals surface area contributed by atoms with E-state index in [1.165, 1.54) is 0 Å². The van der Waals surface area contributed by atoms with Crippen LogP contribution in [0, 0.1) is 31.6 Å². The molecule has 0 spiro atoms. The van der Waals surface area contributed by atoms with Gasteiger partial charge in [0.2, 0.25) is 0 Å². The minimum absolute atomic E-state index is 0.0146. The molecule has 1 aromatic carbocycles. The maximum Gasteiger partial charge on any atom is 0.332 e. The van der Waals surface area contributed by atoms with Crippen molar-refractivity contribution in [2.45, 2.75) is 27.2 Å². The van der Waals surface area contributed by atoms with Gasteiger partial charge in [0.25, 0.3) is 0 Å². The number of rotatable bonds is 4. The van der Waals surface area contributed by atoms with Crippen LogP contribution in [0.2, 0.25) is 0 Å². The molecule has 0 bridgehead atoms. The number of nitrogens with two attached hydrogens (primary N) is 1. The van der Waals surface area contributed by atoms with Crippen LogP contribution in [-0.2, 0) is 0 Å². The van der Waals surface area contributed by atoms with Crippen molar-refractivity contribution in [2.75, 3.05) is 18.0 Å². The first kappa shape index (κ1) is 16.6. The van der Waals surface area contributed by atoms with E-state index in [4.69, 9.17) is 17.6 Å². The number of para-hydroxylation sites is 1. The van der Waals surface area contributed by atoms with Gasteiger partial charge in [0.15, 0.2) is 5.96 Å². The Kier molecular flexibility index (Phi) is 5.79. The van der Waals surface area contributed by atoms with Gasteiger partial charge >= 0.3 is 6.03 Å². The molecule has 0 heterocycles. The summed E-state index contributed by atoms with van der Waals surface area (Å²) in [5, 5.41) is 7.54. The van der Waals surface area contributed by atoms with Crippen LogP contribution >= 0.6 is 0 Å². The molecule has 2 amide bonds. The van der Waals surface area contributed by atoms with E-state index in [2.05, 4.69) is 5.92 Å². The second kappa shape index (κ2) is 7.34. The predicted molar refractivity (Wildman–Crippen MR) is 86.4 cm³/mol. The first-order valence-corrected chi connectivity index (χ1v) is 6.86. The number of nitrogens with one attached hydrogen (secondary N) is 1. The van der Waals surface area contributed by atoms with Gasteiger partial charge in [-0.2, -0.15) is 0 Å². The Morgan fingerprint density at radius 1 is 1.38 bits per heavy atom. The van der Waals surface area contributed by atoms with Gasteiger partial charge in [-0.05, 0) is 31.4 Å². The number of terminal acetylenes is 1. The summed E-state index contributed by atoms with van der Waals surface area (Å²) in [6, 6.07) is 5.50. The maximum absolute atomic E-state index is 12.7. The summed E-state index contributed by atoms with van der Waals surface area (Å²) in [6.07, 6.45) is 6.06. The summed E-state index contributed by atoms with van der Waals surface area (Å²) in [4.78, 5) is 15.4.